The van der Waals surface area contributed by atoms with E-state index in [4.69, 9.17) is 14.2 Å². The molecule has 1 fully saturated rings. The lowest BCUT2D eigenvalue weighted by Gasteiger charge is -2.10. The van der Waals surface area contributed by atoms with Crippen LogP contribution in [-0.4, -0.2) is 24.1 Å². The number of para-hydroxylation sites is 1. The molecule has 0 unspecified atom stereocenters. The molecule has 4 rings (SSSR count). The van der Waals surface area contributed by atoms with Gasteiger partial charge in [0.1, 0.15) is 29.2 Å². The van der Waals surface area contributed by atoms with E-state index in [1.54, 1.807) is 31.2 Å². The van der Waals surface area contributed by atoms with Gasteiger partial charge in [-0.25, -0.2) is 14.0 Å². The number of fused-ring (bicyclic) bond motifs is 1. The molecule has 1 saturated heterocycles. The van der Waals surface area contributed by atoms with Crippen LogP contribution in [0.2, 0.25) is 0 Å². The molecule has 5 nitrogen and oxygen atoms in total. The highest BCUT2D eigenvalue weighted by molar-refractivity contribution is 7.21. The van der Waals surface area contributed by atoms with Gasteiger partial charge in [0.2, 0.25) is 6.10 Å². The molecule has 0 amide bonds. The standard InChI is InChI=1S/C21H17FO5S/c1-12-10-16(20(23)26-12)27-21(24)19-14(11-25-13-6-3-2-4-7-13)18-15(22)8-5-9-17(18)28-19/h2-9,12,16H,10-11H2,1H3/t12-,16+/m1/s1. The SMILES string of the molecule is C[C@@H]1C[C@H](OC(=O)c2sc3cccc(F)c3c2COc2ccccc2)C(=O)O1. The van der Waals surface area contributed by atoms with E-state index in [9.17, 15) is 14.0 Å². The second kappa shape index (κ2) is 7.59. The predicted molar refractivity (Wildman–Crippen MR) is 102 cm³/mol. The molecular formula is C21H17FO5S. The zero-order valence-corrected chi connectivity index (χ0v) is 15.8. The second-order valence-electron chi connectivity index (χ2n) is 6.50. The van der Waals surface area contributed by atoms with Gasteiger partial charge < -0.3 is 14.2 Å². The minimum Gasteiger partial charge on any atom is -0.489 e. The van der Waals surface area contributed by atoms with Gasteiger partial charge in [-0.05, 0) is 31.2 Å². The van der Waals surface area contributed by atoms with Crippen molar-refractivity contribution in [3.8, 4) is 5.75 Å². The van der Waals surface area contributed by atoms with Crippen LogP contribution in [0.1, 0.15) is 28.6 Å². The van der Waals surface area contributed by atoms with Gasteiger partial charge in [-0.3, -0.25) is 0 Å². The molecule has 7 heteroatoms. The molecule has 1 aromatic heterocycles. The van der Waals surface area contributed by atoms with Crippen molar-refractivity contribution in [3.63, 3.8) is 0 Å². The van der Waals surface area contributed by atoms with Gasteiger partial charge in [0.15, 0.2) is 0 Å². The fourth-order valence-corrected chi connectivity index (χ4v) is 4.25. The molecule has 0 saturated carbocycles. The molecular weight excluding hydrogens is 383 g/mol. The molecule has 0 N–H and O–H groups in total. The number of carbonyl (C=O) groups excluding carboxylic acids is 2. The highest BCUT2D eigenvalue weighted by Crippen LogP contribution is 2.35. The van der Waals surface area contributed by atoms with Crippen LogP contribution >= 0.6 is 11.3 Å². The first-order valence-electron chi connectivity index (χ1n) is 8.82. The minimum atomic E-state index is -0.944. The number of halogens is 1. The van der Waals surface area contributed by atoms with Crippen molar-refractivity contribution in [2.75, 3.05) is 0 Å². The average molecular weight is 400 g/mol. The monoisotopic (exact) mass is 400 g/mol. The van der Waals surface area contributed by atoms with Crippen molar-refractivity contribution < 1.29 is 28.2 Å². The van der Waals surface area contributed by atoms with Gasteiger partial charge in [0.05, 0.1) is 0 Å². The first-order valence-corrected chi connectivity index (χ1v) is 9.64. The third kappa shape index (κ3) is 3.57. The zero-order chi connectivity index (χ0) is 19.7. The maximum atomic E-state index is 14.5. The van der Waals surface area contributed by atoms with E-state index in [0.29, 0.717) is 27.8 Å². The van der Waals surface area contributed by atoms with Crippen molar-refractivity contribution in [3.05, 3.63) is 64.8 Å². The van der Waals surface area contributed by atoms with Crippen LogP contribution in [0.4, 0.5) is 4.39 Å². The van der Waals surface area contributed by atoms with Crippen molar-refractivity contribution in [2.45, 2.75) is 32.2 Å². The van der Waals surface area contributed by atoms with Crippen LogP contribution in [0, 0.1) is 5.82 Å². The molecule has 1 aliphatic rings. The van der Waals surface area contributed by atoms with Crippen molar-refractivity contribution in [2.24, 2.45) is 0 Å². The van der Waals surface area contributed by atoms with E-state index in [1.807, 2.05) is 18.2 Å². The Bertz CT molecular complexity index is 1030. The van der Waals surface area contributed by atoms with Crippen molar-refractivity contribution in [1.82, 2.24) is 0 Å². The number of esters is 2. The van der Waals surface area contributed by atoms with E-state index in [1.165, 1.54) is 6.07 Å². The van der Waals surface area contributed by atoms with Crippen LogP contribution in [0.3, 0.4) is 0 Å². The summed E-state index contributed by atoms with van der Waals surface area (Å²) in [5, 5.41) is 0.331. The Morgan fingerprint density at radius 2 is 2.00 bits per heavy atom. The fraction of sp³-hybridized carbons (Fsp3) is 0.238. The lowest BCUT2D eigenvalue weighted by Crippen LogP contribution is -2.22. The number of rotatable bonds is 5. The van der Waals surface area contributed by atoms with Crippen LogP contribution < -0.4 is 4.74 Å². The van der Waals surface area contributed by atoms with Gasteiger partial charge in [-0.15, -0.1) is 11.3 Å². The summed E-state index contributed by atoms with van der Waals surface area (Å²) in [7, 11) is 0. The molecule has 0 aliphatic carbocycles. The minimum absolute atomic E-state index is 0.000889. The quantitative estimate of drug-likeness (QED) is 0.591. The Morgan fingerprint density at radius 1 is 1.21 bits per heavy atom. The van der Waals surface area contributed by atoms with E-state index >= 15 is 0 Å². The van der Waals surface area contributed by atoms with Gasteiger partial charge in [0.25, 0.3) is 0 Å². The number of hydrogen-bond acceptors (Lipinski definition) is 6. The van der Waals surface area contributed by atoms with Crippen molar-refractivity contribution in [1.29, 1.82) is 0 Å². The smallest absolute Gasteiger partial charge is 0.349 e. The maximum absolute atomic E-state index is 14.5. The van der Waals surface area contributed by atoms with E-state index in [2.05, 4.69) is 0 Å². The van der Waals surface area contributed by atoms with Crippen LogP contribution in [0.15, 0.2) is 48.5 Å². The van der Waals surface area contributed by atoms with E-state index in [0.717, 1.165) is 11.3 Å². The number of cyclic esters (lactones) is 1. The molecule has 3 aromatic rings. The first-order chi connectivity index (χ1) is 13.5. The molecule has 2 heterocycles. The fourth-order valence-electron chi connectivity index (χ4n) is 3.14. The third-order valence-corrected chi connectivity index (χ3v) is 5.63. The molecule has 2 atom stereocenters. The number of thiophene rings is 1. The van der Waals surface area contributed by atoms with Gasteiger partial charge in [-0.1, -0.05) is 24.3 Å². The Kier molecular flexibility index (Phi) is 5.00. The maximum Gasteiger partial charge on any atom is 0.349 e. The lowest BCUT2D eigenvalue weighted by atomic mass is 10.1. The van der Waals surface area contributed by atoms with Crippen molar-refractivity contribution >= 4 is 33.4 Å². The van der Waals surface area contributed by atoms with E-state index in [-0.39, 0.29) is 17.6 Å². The Morgan fingerprint density at radius 3 is 2.71 bits per heavy atom. The number of carbonyl (C=O) groups is 2. The summed E-state index contributed by atoms with van der Waals surface area (Å²) in [6.45, 7) is 1.74. The Hall–Kier alpha value is -2.93. The molecule has 0 spiro atoms. The van der Waals surface area contributed by atoms with E-state index < -0.39 is 23.9 Å². The second-order valence-corrected chi connectivity index (χ2v) is 7.55. The molecule has 144 valence electrons. The van der Waals surface area contributed by atoms with Crippen LogP contribution in [0.5, 0.6) is 5.75 Å². The number of ether oxygens (including phenoxy) is 3. The summed E-state index contributed by atoms with van der Waals surface area (Å²) in [5.74, 6) is -1.07. The number of benzene rings is 2. The molecule has 1 aliphatic heterocycles. The molecule has 2 aromatic carbocycles. The van der Waals surface area contributed by atoms with Gasteiger partial charge >= 0.3 is 11.9 Å². The highest BCUT2D eigenvalue weighted by atomic mass is 32.1. The molecule has 0 radical (unpaired) electrons. The largest absolute Gasteiger partial charge is 0.489 e. The Labute approximate surface area is 164 Å². The van der Waals surface area contributed by atoms with Gasteiger partial charge in [-0.2, -0.15) is 0 Å². The average Bonchev–Trinajstić information content (AvgIpc) is 3.21. The summed E-state index contributed by atoms with van der Waals surface area (Å²) in [6, 6.07) is 13.7. The summed E-state index contributed by atoms with van der Waals surface area (Å²) >= 11 is 1.12. The summed E-state index contributed by atoms with van der Waals surface area (Å²) in [5.41, 5.74) is 0.409. The Balaban J connectivity index is 1.66. The molecule has 28 heavy (non-hydrogen) atoms. The normalized spacial score (nSPS) is 18.9. The predicted octanol–water partition coefficient (Wildman–Crippen LogP) is 4.48. The topological polar surface area (TPSA) is 61.8 Å². The van der Waals surface area contributed by atoms with Gasteiger partial charge in [0, 0.05) is 22.1 Å². The summed E-state index contributed by atoms with van der Waals surface area (Å²) in [6.07, 6.45) is -0.939. The highest BCUT2D eigenvalue weighted by Gasteiger charge is 2.36. The molecule has 0 bridgehead atoms. The van der Waals surface area contributed by atoms with Crippen LogP contribution in [0.25, 0.3) is 10.1 Å². The summed E-state index contributed by atoms with van der Waals surface area (Å²) < 4.78 is 31.2. The van der Waals surface area contributed by atoms with Crippen LogP contribution in [-0.2, 0) is 20.9 Å². The zero-order valence-electron chi connectivity index (χ0n) is 15.0. The summed E-state index contributed by atoms with van der Waals surface area (Å²) in [4.78, 5) is 24.8. The lowest BCUT2D eigenvalue weighted by molar-refractivity contribution is -0.147. The first kappa shape index (κ1) is 18.4. The third-order valence-electron chi connectivity index (χ3n) is 4.45. The number of hydrogen-bond donors (Lipinski definition) is 0.